The van der Waals surface area contributed by atoms with Crippen molar-refractivity contribution in [2.24, 2.45) is 11.8 Å². The van der Waals surface area contributed by atoms with Crippen LogP contribution in [0.2, 0.25) is 0 Å². The summed E-state index contributed by atoms with van der Waals surface area (Å²) in [5.74, 6) is 1.74. The highest BCUT2D eigenvalue weighted by molar-refractivity contribution is 4.97. The number of hydrogen-bond donors (Lipinski definition) is 0. The molecule has 1 atom stereocenters. The topological polar surface area (TPSA) is 18.5 Å². The van der Waals surface area contributed by atoms with E-state index in [1.54, 1.807) is 0 Å². The molecule has 1 heterocycles. The van der Waals surface area contributed by atoms with Crippen molar-refractivity contribution in [2.45, 2.75) is 91.8 Å². The Kier molecular flexibility index (Phi) is 10.9. The van der Waals surface area contributed by atoms with Crippen LogP contribution in [0.1, 0.15) is 85.5 Å². The summed E-state index contributed by atoms with van der Waals surface area (Å²) in [6, 6.07) is 0. The largest absolute Gasteiger partial charge is 0.353 e. The molecule has 0 radical (unpaired) electrons. The zero-order valence-electron chi connectivity index (χ0n) is 15.4. The van der Waals surface area contributed by atoms with E-state index in [4.69, 9.17) is 9.47 Å². The van der Waals surface area contributed by atoms with Crippen LogP contribution < -0.4 is 0 Å². The summed E-state index contributed by atoms with van der Waals surface area (Å²) in [4.78, 5) is 0. The SMILES string of the molecule is CC(=CCCC1OCCCO1)CCCC(C)CCCC(C)C. The third kappa shape index (κ3) is 10.4. The summed E-state index contributed by atoms with van der Waals surface area (Å²) < 4.78 is 11.2. The van der Waals surface area contributed by atoms with Crippen molar-refractivity contribution in [3.05, 3.63) is 11.6 Å². The smallest absolute Gasteiger partial charge is 0.157 e. The second kappa shape index (κ2) is 12.1. The lowest BCUT2D eigenvalue weighted by Gasteiger charge is -2.22. The van der Waals surface area contributed by atoms with Crippen molar-refractivity contribution in [3.8, 4) is 0 Å². The van der Waals surface area contributed by atoms with Crippen LogP contribution in [0.5, 0.6) is 0 Å². The van der Waals surface area contributed by atoms with Crippen molar-refractivity contribution in [1.82, 2.24) is 0 Å². The average Bonchev–Trinajstić information content (AvgIpc) is 2.48. The number of rotatable bonds is 11. The first kappa shape index (κ1) is 19.7. The van der Waals surface area contributed by atoms with Gasteiger partial charge in [-0.1, -0.05) is 58.1 Å². The van der Waals surface area contributed by atoms with Crippen LogP contribution in [0, 0.1) is 11.8 Å². The van der Waals surface area contributed by atoms with Crippen LogP contribution in [0.4, 0.5) is 0 Å². The molecule has 0 saturated carbocycles. The highest BCUT2D eigenvalue weighted by Gasteiger charge is 2.12. The van der Waals surface area contributed by atoms with Crippen LogP contribution in [-0.2, 0) is 9.47 Å². The fraction of sp³-hybridized carbons (Fsp3) is 0.900. The fourth-order valence-electron chi connectivity index (χ4n) is 3.02. The Morgan fingerprint density at radius 2 is 1.73 bits per heavy atom. The molecule has 0 spiro atoms. The number of ether oxygens (including phenoxy) is 2. The van der Waals surface area contributed by atoms with Crippen molar-refractivity contribution >= 4 is 0 Å². The van der Waals surface area contributed by atoms with Gasteiger partial charge in [-0.25, -0.2) is 0 Å². The molecule has 0 aromatic heterocycles. The molecular weight excluding hydrogens is 272 g/mol. The molecule has 0 bridgehead atoms. The lowest BCUT2D eigenvalue weighted by atomic mass is 9.94. The van der Waals surface area contributed by atoms with Gasteiger partial charge in [-0.3, -0.25) is 0 Å². The monoisotopic (exact) mass is 310 g/mol. The molecule has 0 amide bonds. The molecule has 2 nitrogen and oxygen atoms in total. The van der Waals surface area contributed by atoms with Gasteiger partial charge < -0.3 is 9.47 Å². The minimum Gasteiger partial charge on any atom is -0.353 e. The van der Waals surface area contributed by atoms with Gasteiger partial charge in [0, 0.05) is 6.42 Å². The minimum absolute atomic E-state index is 0.0405. The zero-order chi connectivity index (χ0) is 16.2. The maximum Gasteiger partial charge on any atom is 0.157 e. The molecule has 0 N–H and O–H groups in total. The highest BCUT2D eigenvalue weighted by atomic mass is 16.7. The van der Waals surface area contributed by atoms with E-state index in [-0.39, 0.29) is 6.29 Å². The molecule has 1 unspecified atom stereocenters. The first-order valence-corrected chi connectivity index (χ1v) is 9.46. The summed E-state index contributed by atoms with van der Waals surface area (Å²) in [7, 11) is 0. The van der Waals surface area contributed by atoms with Crippen LogP contribution in [0.3, 0.4) is 0 Å². The van der Waals surface area contributed by atoms with Gasteiger partial charge in [0.05, 0.1) is 13.2 Å². The predicted molar refractivity (Wildman–Crippen MR) is 95.0 cm³/mol. The van der Waals surface area contributed by atoms with Crippen molar-refractivity contribution in [2.75, 3.05) is 13.2 Å². The summed E-state index contributed by atoms with van der Waals surface area (Å²) in [6.45, 7) is 11.1. The van der Waals surface area contributed by atoms with Crippen LogP contribution >= 0.6 is 0 Å². The van der Waals surface area contributed by atoms with Crippen molar-refractivity contribution < 1.29 is 9.47 Å². The van der Waals surface area contributed by atoms with E-state index in [1.807, 2.05) is 0 Å². The molecule has 1 fully saturated rings. The van der Waals surface area contributed by atoms with Crippen LogP contribution in [0.15, 0.2) is 11.6 Å². The average molecular weight is 311 g/mol. The van der Waals surface area contributed by atoms with Gasteiger partial charge in [0.1, 0.15) is 0 Å². The number of hydrogen-bond acceptors (Lipinski definition) is 2. The Balaban J connectivity index is 2.01. The Hall–Kier alpha value is -0.340. The van der Waals surface area contributed by atoms with Gasteiger partial charge >= 0.3 is 0 Å². The Morgan fingerprint density at radius 3 is 2.41 bits per heavy atom. The Labute approximate surface area is 138 Å². The molecular formula is C20H38O2. The third-order valence-corrected chi connectivity index (χ3v) is 4.54. The van der Waals surface area contributed by atoms with Crippen molar-refractivity contribution in [1.29, 1.82) is 0 Å². The standard InChI is InChI=1S/C20H38O2/c1-17(2)9-5-10-18(3)11-6-12-19(4)13-7-14-20-21-15-8-16-22-20/h13,17-18,20H,5-12,14-16H2,1-4H3. The Bertz CT molecular complexity index is 290. The van der Waals surface area contributed by atoms with Crippen molar-refractivity contribution in [3.63, 3.8) is 0 Å². The van der Waals surface area contributed by atoms with Gasteiger partial charge in [0.25, 0.3) is 0 Å². The van der Waals surface area contributed by atoms with Gasteiger partial charge in [0.15, 0.2) is 6.29 Å². The van der Waals surface area contributed by atoms with E-state index < -0.39 is 0 Å². The maximum atomic E-state index is 5.58. The van der Waals surface area contributed by atoms with E-state index in [2.05, 4.69) is 33.8 Å². The molecule has 22 heavy (non-hydrogen) atoms. The predicted octanol–water partition coefficient (Wildman–Crippen LogP) is 6.11. The normalized spacial score (nSPS) is 18.9. The van der Waals surface area contributed by atoms with Gasteiger partial charge in [-0.2, -0.15) is 0 Å². The summed E-state index contributed by atoms with van der Waals surface area (Å²) in [6.07, 6.45) is 13.7. The molecule has 1 rings (SSSR count). The second-order valence-corrected chi connectivity index (χ2v) is 7.47. The molecule has 1 aliphatic rings. The first-order valence-electron chi connectivity index (χ1n) is 9.46. The molecule has 2 heteroatoms. The van der Waals surface area contributed by atoms with Crippen LogP contribution in [0.25, 0.3) is 0 Å². The van der Waals surface area contributed by atoms with E-state index in [9.17, 15) is 0 Å². The highest BCUT2D eigenvalue weighted by Crippen LogP contribution is 2.19. The molecule has 0 aliphatic carbocycles. The van der Waals surface area contributed by atoms with E-state index in [0.717, 1.165) is 44.3 Å². The zero-order valence-corrected chi connectivity index (χ0v) is 15.4. The Morgan fingerprint density at radius 1 is 1.05 bits per heavy atom. The third-order valence-electron chi connectivity index (χ3n) is 4.54. The van der Waals surface area contributed by atoms with E-state index in [0.29, 0.717) is 0 Å². The molecule has 1 saturated heterocycles. The summed E-state index contributed by atoms with van der Waals surface area (Å²) in [5, 5.41) is 0. The van der Waals surface area contributed by atoms with Crippen LogP contribution in [-0.4, -0.2) is 19.5 Å². The fourth-order valence-corrected chi connectivity index (χ4v) is 3.02. The molecule has 0 aromatic rings. The maximum absolute atomic E-state index is 5.58. The van der Waals surface area contributed by atoms with Gasteiger partial charge in [0.2, 0.25) is 0 Å². The second-order valence-electron chi connectivity index (χ2n) is 7.47. The lowest BCUT2D eigenvalue weighted by molar-refractivity contribution is -0.180. The lowest BCUT2D eigenvalue weighted by Crippen LogP contribution is -2.24. The number of allylic oxidation sites excluding steroid dienone is 2. The summed E-state index contributed by atoms with van der Waals surface area (Å²) in [5.41, 5.74) is 1.53. The van der Waals surface area contributed by atoms with Gasteiger partial charge in [-0.15, -0.1) is 0 Å². The van der Waals surface area contributed by atoms with E-state index in [1.165, 1.54) is 44.1 Å². The summed E-state index contributed by atoms with van der Waals surface area (Å²) >= 11 is 0. The minimum atomic E-state index is 0.0405. The van der Waals surface area contributed by atoms with E-state index >= 15 is 0 Å². The van der Waals surface area contributed by atoms with Gasteiger partial charge in [-0.05, 0) is 44.4 Å². The molecule has 130 valence electrons. The molecule has 1 aliphatic heterocycles. The quantitative estimate of drug-likeness (QED) is 0.429. The first-order chi connectivity index (χ1) is 10.6. The molecule has 0 aromatic carbocycles.